The maximum Gasteiger partial charge on any atom is 0.261 e. The van der Waals surface area contributed by atoms with Crippen LogP contribution in [0.2, 0.25) is 0 Å². The predicted molar refractivity (Wildman–Crippen MR) is 122 cm³/mol. The molecule has 0 atom stereocenters. The van der Waals surface area contributed by atoms with Gasteiger partial charge in [-0.25, -0.2) is 0 Å². The number of rotatable bonds is 5. The molecular weight excluding hydrogens is 404 g/mol. The smallest absolute Gasteiger partial charge is 0.261 e. The van der Waals surface area contributed by atoms with Crippen molar-refractivity contribution in [2.45, 2.75) is 32.1 Å². The fourth-order valence-electron chi connectivity index (χ4n) is 5.38. The minimum atomic E-state index is -0.153. The lowest BCUT2D eigenvalue weighted by Crippen LogP contribution is -2.36. The van der Waals surface area contributed by atoms with Crippen molar-refractivity contribution in [2.24, 2.45) is 16.8 Å². The predicted octanol–water partition coefficient (Wildman–Crippen LogP) is 4.15. The molecule has 0 spiro atoms. The Hall–Kier alpha value is -3.15. The number of methoxy groups -OCH3 is 2. The van der Waals surface area contributed by atoms with Gasteiger partial charge in [0.15, 0.2) is 11.5 Å². The zero-order chi connectivity index (χ0) is 22.2. The van der Waals surface area contributed by atoms with Crippen LogP contribution in [-0.4, -0.2) is 49.7 Å². The van der Waals surface area contributed by atoms with Crippen LogP contribution in [0.15, 0.2) is 41.4 Å². The molecule has 0 radical (unpaired) electrons. The first kappa shape index (κ1) is 20.7. The molecule has 1 saturated carbocycles. The van der Waals surface area contributed by atoms with Gasteiger partial charge in [-0.2, -0.15) is 0 Å². The molecule has 0 bridgehead atoms. The van der Waals surface area contributed by atoms with Crippen LogP contribution in [0.25, 0.3) is 0 Å². The van der Waals surface area contributed by atoms with Crippen LogP contribution < -0.4 is 9.47 Å². The van der Waals surface area contributed by atoms with Crippen LogP contribution in [0, 0.1) is 11.8 Å². The Morgan fingerprint density at radius 2 is 1.53 bits per heavy atom. The van der Waals surface area contributed by atoms with Gasteiger partial charge in [0.2, 0.25) is 0 Å². The minimum absolute atomic E-state index is 0.153. The van der Waals surface area contributed by atoms with E-state index in [4.69, 9.17) is 14.5 Å². The van der Waals surface area contributed by atoms with Crippen molar-refractivity contribution in [3.8, 4) is 11.5 Å². The Labute approximate surface area is 188 Å². The maximum absolute atomic E-state index is 12.7. The van der Waals surface area contributed by atoms with Crippen molar-refractivity contribution >= 4 is 17.5 Å². The highest BCUT2D eigenvalue weighted by Gasteiger charge is 2.37. The van der Waals surface area contributed by atoms with Gasteiger partial charge in [-0.15, -0.1) is 0 Å². The molecule has 0 N–H and O–H groups in total. The number of ether oxygens (including phenoxy) is 2. The van der Waals surface area contributed by atoms with Gasteiger partial charge in [-0.3, -0.25) is 19.5 Å². The summed E-state index contributed by atoms with van der Waals surface area (Å²) in [7, 11) is 3.33. The summed E-state index contributed by atoms with van der Waals surface area (Å²) in [6.45, 7) is 1.31. The molecule has 1 aliphatic carbocycles. The minimum Gasteiger partial charge on any atom is -0.493 e. The van der Waals surface area contributed by atoms with Crippen molar-refractivity contribution < 1.29 is 19.1 Å². The summed E-state index contributed by atoms with van der Waals surface area (Å²) in [4.78, 5) is 31.8. The lowest BCUT2D eigenvalue weighted by Gasteiger charge is -2.33. The zero-order valence-electron chi connectivity index (χ0n) is 18.6. The molecule has 5 rings (SSSR count). The molecule has 0 aromatic heterocycles. The number of hydrogen-bond donors (Lipinski definition) is 0. The average Bonchev–Trinajstić information content (AvgIpc) is 3.08. The van der Waals surface area contributed by atoms with Crippen molar-refractivity contribution in [1.82, 2.24) is 4.90 Å². The highest BCUT2D eigenvalue weighted by Crippen LogP contribution is 2.38. The largest absolute Gasteiger partial charge is 0.493 e. The van der Waals surface area contributed by atoms with E-state index in [1.165, 1.54) is 21.7 Å². The van der Waals surface area contributed by atoms with Crippen molar-refractivity contribution in [3.63, 3.8) is 0 Å². The molecule has 2 aromatic carbocycles. The van der Waals surface area contributed by atoms with E-state index in [2.05, 4.69) is 12.1 Å². The number of imide groups is 1. The van der Waals surface area contributed by atoms with Gasteiger partial charge < -0.3 is 9.47 Å². The summed E-state index contributed by atoms with van der Waals surface area (Å²) in [5.74, 6) is 1.92. The molecule has 2 heterocycles. The number of fused-ring (bicyclic) bond motifs is 2. The molecule has 0 saturated heterocycles. The van der Waals surface area contributed by atoms with Crippen LogP contribution in [0.4, 0.5) is 0 Å². The summed E-state index contributed by atoms with van der Waals surface area (Å²) in [6, 6.07) is 11.3. The van der Waals surface area contributed by atoms with E-state index in [1.54, 1.807) is 26.4 Å². The van der Waals surface area contributed by atoms with Gasteiger partial charge in [0.05, 0.1) is 25.3 Å². The number of nitrogens with zero attached hydrogens (tertiary/aromatic N) is 2. The molecule has 2 amide bonds. The first-order chi connectivity index (χ1) is 15.6. The van der Waals surface area contributed by atoms with E-state index in [0.717, 1.165) is 50.1 Å². The number of carbonyl (C=O) groups is 2. The molecule has 1 fully saturated rings. The van der Waals surface area contributed by atoms with Gasteiger partial charge in [-0.1, -0.05) is 12.1 Å². The van der Waals surface area contributed by atoms with Gasteiger partial charge in [-0.05, 0) is 67.9 Å². The molecule has 6 nitrogen and oxygen atoms in total. The second-order valence-corrected chi connectivity index (χ2v) is 8.87. The topological polar surface area (TPSA) is 68.2 Å². The molecule has 6 heteroatoms. The summed E-state index contributed by atoms with van der Waals surface area (Å²) < 4.78 is 11.0. The summed E-state index contributed by atoms with van der Waals surface area (Å²) in [5.41, 5.74) is 4.68. The number of amides is 2. The molecule has 2 aromatic rings. The van der Waals surface area contributed by atoms with Crippen LogP contribution >= 0.6 is 0 Å². The number of aliphatic imine (C=N–C) groups is 1. The second kappa shape index (κ2) is 8.41. The van der Waals surface area contributed by atoms with E-state index >= 15 is 0 Å². The number of benzene rings is 2. The third-order valence-electron chi connectivity index (χ3n) is 7.10. The standard InChI is InChI=1S/C26H28N2O4/c1-31-22-13-18-11-12-27-24(21(18)14-23(22)32-2)17-9-7-16(8-10-17)15-28-25(29)19-5-3-4-6-20(19)26(28)30/h3-6,13-14,16-17H,7-12,15H2,1-2H3. The van der Waals surface area contributed by atoms with E-state index in [1.807, 2.05) is 12.1 Å². The first-order valence-electron chi connectivity index (χ1n) is 11.4. The van der Waals surface area contributed by atoms with E-state index in [0.29, 0.717) is 29.5 Å². The molecule has 166 valence electrons. The maximum atomic E-state index is 12.7. The lowest BCUT2D eigenvalue weighted by atomic mass is 9.76. The van der Waals surface area contributed by atoms with E-state index < -0.39 is 0 Å². The normalized spacial score (nSPS) is 22.3. The number of carbonyl (C=O) groups excluding carboxylic acids is 2. The molecule has 3 aliphatic rings. The first-order valence-corrected chi connectivity index (χ1v) is 11.4. The molecular formula is C26H28N2O4. The molecule has 0 unspecified atom stereocenters. The van der Waals surface area contributed by atoms with Gasteiger partial charge in [0, 0.05) is 30.3 Å². The number of hydrogen-bond acceptors (Lipinski definition) is 5. The monoisotopic (exact) mass is 432 g/mol. The fourth-order valence-corrected chi connectivity index (χ4v) is 5.38. The highest BCUT2D eigenvalue weighted by molar-refractivity contribution is 6.21. The lowest BCUT2D eigenvalue weighted by molar-refractivity contribution is 0.0614. The third-order valence-corrected chi connectivity index (χ3v) is 7.10. The summed E-state index contributed by atoms with van der Waals surface area (Å²) in [5, 5.41) is 0. The van der Waals surface area contributed by atoms with Crippen LogP contribution in [0.3, 0.4) is 0 Å². The fraction of sp³-hybridized carbons (Fsp3) is 0.423. The third kappa shape index (κ3) is 3.48. The van der Waals surface area contributed by atoms with Crippen molar-refractivity contribution in [1.29, 1.82) is 0 Å². The Morgan fingerprint density at radius 1 is 0.906 bits per heavy atom. The van der Waals surface area contributed by atoms with E-state index in [9.17, 15) is 9.59 Å². The Morgan fingerprint density at radius 3 is 2.16 bits per heavy atom. The van der Waals surface area contributed by atoms with Crippen molar-refractivity contribution in [3.05, 3.63) is 58.7 Å². The second-order valence-electron chi connectivity index (χ2n) is 8.87. The van der Waals surface area contributed by atoms with Crippen molar-refractivity contribution in [2.75, 3.05) is 27.3 Å². The van der Waals surface area contributed by atoms with Gasteiger partial charge >= 0.3 is 0 Å². The Bertz CT molecular complexity index is 1060. The van der Waals surface area contributed by atoms with Crippen LogP contribution in [0.5, 0.6) is 11.5 Å². The van der Waals surface area contributed by atoms with Gasteiger partial charge in [0.25, 0.3) is 11.8 Å². The highest BCUT2D eigenvalue weighted by atomic mass is 16.5. The Kier molecular flexibility index (Phi) is 5.45. The van der Waals surface area contributed by atoms with E-state index in [-0.39, 0.29) is 11.8 Å². The molecule has 2 aliphatic heterocycles. The molecule has 32 heavy (non-hydrogen) atoms. The zero-order valence-corrected chi connectivity index (χ0v) is 18.6. The average molecular weight is 433 g/mol. The van der Waals surface area contributed by atoms with Gasteiger partial charge in [0.1, 0.15) is 0 Å². The quantitative estimate of drug-likeness (QED) is 0.666. The summed E-state index contributed by atoms with van der Waals surface area (Å²) in [6.07, 6.45) is 4.91. The Balaban J connectivity index is 1.27. The van der Waals surface area contributed by atoms with Crippen LogP contribution in [-0.2, 0) is 6.42 Å². The van der Waals surface area contributed by atoms with Crippen LogP contribution in [0.1, 0.15) is 57.5 Å². The SMILES string of the molecule is COc1cc2c(cc1OC)C(C1CCC(CN3C(=O)c4ccccc4C3=O)CC1)=NCC2. The summed E-state index contributed by atoms with van der Waals surface area (Å²) >= 11 is 0.